The van der Waals surface area contributed by atoms with E-state index in [4.69, 9.17) is 15.7 Å². The number of fused-ring (bicyclic) bond motifs is 1. The number of hydrogen-bond acceptors (Lipinski definition) is 6. The van der Waals surface area contributed by atoms with Crippen LogP contribution in [0.2, 0.25) is 0 Å². The van der Waals surface area contributed by atoms with Gasteiger partial charge in [-0.3, -0.25) is 9.78 Å². The number of carbonyl (C=O) groups excluding carboxylic acids is 1. The second-order valence-corrected chi connectivity index (χ2v) is 7.69. The SMILES string of the molecule is Cc1sc2nc(-c3cccnc3)nc(N[C@H](C(N)=O)c3ccccc3)c2c1C. The maximum atomic E-state index is 12.2. The van der Waals surface area contributed by atoms with E-state index in [1.807, 2.05) is 49.4 Å². The molecular formula is C21H19N5OS. The van der Waals surface area contributed by atoms with E-state index in [0.717, 1.165) is 31.8 Å². The molecule has 0 saturated carbocycles. The molecule has 1 aromatic carbocycles. The second kappa shape index (κ2) is 7.36. The Morgan fingerprint density at radius 3 is 2.57 bits per heavy atom. The van der Waals surface area contributed by atoms with E-state index in [2.05, 4.69) is 17.2 Å². The highest BCUT2D eigenvalue weighted by Crippen LogP contribution is 2.36. The molecule has 1 amide bonds. The molecule has 28 heavy (non-hydrogen) atoms. The molecule has 0 radical (unpaired) electrons. The number of nitrogens with one attached hydrogen (secondary N) is 1. The molecule has 3 N–H and O–H groups in total. The first-order valence-electron chi connectivity index (χ1n) is 8.83. The number of rotatable bonds is 5. The summed E-state index contributed by atoms with van der Waals surface area (Å²) in [7, 11) is 0. The Hall–Kier alpha value is -3.32. The van der Waals surface area contributed by atoms with Gasteiger partial charge in [-0.25, -0.2) is 9.97 Å². The number of aromatic nitrogens is 3. The lowest BCUT2D eigenvalue weighted by Crippen LogP contribution is -2.28. The number of aryl methyl sites for hydroxylation is 2. The Bertz CT molecular complexity index is 1140. The monoisotopic (exact) mass is 389 g/mol. The van der Waals surface area contributed by atoms with Crippen molar-refractivity contribution in [3.8, 4) is 11.4 Å². The van der Waals surface area contributed by atoms with E-state index in [0.29, 0.717) is 11.6 Å². The van der Waals surface area contributed by atoms with Crippen LogP contribution < -0.4 is 11.1 Å². The first-order valence-corrected chi connectivity index (χ1v) is 9.65. The fraction of sp³-hybridized carbons (Fsp3) is 0.143. The summed E-state index contributed by atoms with van der Waals surface area (Å²) < 4.78 is 0. The Balaban J connectivity index is 1.88. The topological polar surface area (TPSA) is 93.8 Å². The fourth-order valence-corrected chi connectivity index (χ4v) is 4.11. The minimum absolute atomic E-state index is 0.467. The molecule has 0 bridgehead atoms. The fourth-order valence-electron chi connectivity index (χ4n) is 3.08. The average molecular weight is 389 g/mol. The van der Waals surface area contributed by atoms with Crippen LogP contribution in [0, 0.1) is 13.8 Å². The summed E-state index contributed by atoms with van der Waals surface area (Å²) in [5, 5.41) is 4.18. The number of pyridine rings is 1. The summed E-state index contributed by atoms with van der Waals surface area (Å²) in [6.45, 7) is 4.09. The number of primary amides is 1. The van der Waals surface area contributed by atoms with Gasteiger partial charge < -0.3 is 11.1 Å². The Kier molecular flexibility index (Phi) is 4.75. The standard InChI is InChI=1S/C21H19N5OS/c1-12-13(2)28-21-16(12)20(25-19(26-21)15-9-6-10-23-11-15)24-17(18(22)27)14-7-4-3-5-8-14/h3-11,17H,1-2H3,(H2,22,27)(H,24,25,26)/t17-/m0/s1. The third-order valence-corrected chi connectivity index (χ3v) is 5.75. The van der Waals surface area contributed by atoms with Crippen LogP contribution in [-0.2, 0) is 4.79 Å². The van der Waals surface area contributed by atoms with E-state index in [-0.39, 0.29) is 0 Å². The minimum Gasteiger partial charge on any atom is -0.368 e. The second-order valence-electron chi connectivity index (χ2n) is 6.49. The van der Waals surface area contributed by atoms with E-state index < -0.39 is 11.9 Å². The highest BCUT2D eigenvalue weighted by atomic mass is 32.1. The van der Waals surface area contributed by atoms with Crippen molar-refractivity contribution in [2.24, 2.45) is 5.73 Å². The van der Waals surface area contributed by atoms with Crippen molar-refractivity contribution in [3.05, 3.63) is 70.9 Å². The van der Waals surface area contributed by atoms with Gasteiger partial charge in [-0.1, -0.05) is 30.3 Å². The van der Waals surface area contributed by atoms with Crippen LogP contribution in [0.3, 0.4) is 0 Å². The zero-order valence-electron chi connectivity index (χ0n) is 15.5. The largest absolute Gasteiger partial charge is 0.368 e. The van der Waals surface area contributed by atoms with Crippen LogP contribution in [0.5, 0.6) is 0 Å². The molecule has 4 rings (SSSR count). The zero-order chi connectivity index (χ0) is 19.7. The Labute approximate surface area is 166 Å². The molecule has 0 saturated heterocycles. The van der Waals surface area contributed by atoms with Crippen molar-refractivity contribution < 1.29 is 4.79 Å². The highest BCUT2D eigenvalue weighted by Gasteiger charge is 2.22. The summed E-state index contributed by atoms with van der Waals surface area (Å²) in [6.07, 6.45) is 3.43. The van der Waals surface area contributed by atoms with Gasteiger partial charge >= 0.3 is 0 Å². The van der Waals surface area contributed by atoms with Gasteiger partial charge in [0, 0.05) is 22.8 Å². The predicted molar refractivity (Wildman–Crippen MR) is 112 cm³/mol. The summed E-state index contributed by atoms with van der Waals surface area (Å²) in [4.78, 5) is 27.8. The summed E-state index contributed by atoms with van der Waals surface area (Å²) in [6, 6.07) is 12.5. The molecule has 140 valence electrons. The van der Waals surface area contributed by atoms with Crippen LogP contribution in [0.1, 0.15) is 22.0 Å². The van der Waals surface area contributed by atoms with Crippen molar-refractivity contribution in [2.75, 3.05) is 5.32 Å². The summed E-state index contributed by atoms with van der Waals surface area (Å²) in [5.74, 6) is 0.685. The van der Waals surface area contributed by atoms with Gasteiger partial charge in [0.25, 0.3) is 0 Å². The number of benzene rings is 1. The van der Waals surface area contributed by atoms with Crippen LogP contribution in [0.4, 0.5) is 5.82 Å². The average Bonchev–Trinajstić information content (AvgIpc) is 3.01. The zero-order valence-corrected chi connectivity index (χ0v) is 16.3. The number of thiophene rings is 1. The van der Waals surface area contributed by atoms with Crippen LogP contribution in [-0.4, -0.2) is 20.9 Å². The number of nitrogens with two attached hydrogens (primary N) is 1. The van der Waals surface area contributed by atoms with Gasteiger partial charge in [0.1, 0.15) is 16.7 Å². The highest BCUT2D eigenvalue weighted by molar-refractivity contribution is 7.18. The predicted octanol–water partition coefficient (Wildman–Crippen LogP) is 4.01. The minimum atomic E-state index is -0.694. The normalized spacial score (nSPS) is 12.1. The third-order valence-electron chi connectivity index (χ3n) is 4.65. The lowest BCUT2D eigenvalue weighted by Gasteiger charge is -2.18. The maximum Gasteiger partial charge on any atom is 0.244 e. The van der Waals surface area contributed by atoms with E-state index in [9.17, 15) is 4.79 Å². The van der Waals surface area contributed by atoms with Gasteiger partial charge in [0.05, 0.1) is 5.39 Å². The first kappa shape index (κ1) is 18.1. The molecule has 1 atom stereocenters. The van der Waals surface area contributed by atoms with Gasteiger partial charge in [0.2, 0.25) is 5.91 Å². The van der Waals surface area contributed by atoms with Crippen molar-refractivity contribution in [1.82, 2.24) is 15.0 Å². The molecule has 0 aliphatic rings. The van der Waals surface area contributed by atoms with Gasteiger partial charge in [-0.05, 0) is 37.1 Å². The molecule has 0 spiro atoms. The van der Waals surface area contributed by atoms with Crippen LogP contribution >= 0.6 is 11.3 Å². The lowest BCUT2D eigenvalue weighted by molar-refractivity contribution is -0.118. The van der Waals surface area contributed by atoms with Crippen LogP contribution in [0.15, 0.2) is 54.9 Å². The van der Waals surface area contributed by atoms with Crippen molar-refractivity contribution in [1.29, 1.82) is 0 Å². The number of anilines is 1. The Morgan fingerprint density at radius 2 is 1.89 bits per heavy atom. The molecule has 0 aliphatic heterocycles. The molecule has 4 aromatic rings. The van der Waals surface area contributed by atoms with E-state index >= 15 is 0 Å². The van der Waals surface area contributed by atoms with Gasteiger partial charge in [-0.2, -0.15) is 0 Å². The van der Waals surface area contributed by atoms with Crippen molar-refractivity contribution in [3.63, 3.8) is 0 Å². The number of carbonyl (C=O) groups is 1. The molecule has 3 heterocycles. The molecule has 6 nitrogen and oxygen atoms in total. The third kappa shape index (κ3) is 3.32. The molecule has 7 heteroatoms. The number of amides is 1. The van der Waals surface area contributed by atoms with E-state index in [1.165, 1.54) is 0 Å². The summed E-state index contributed by atoms with van der Waals surface area (Å²) in [5.41, 5.74) is 8.39. The van der Waals surface area contributed by atoms with Gasteiger partial charge in [0.15, 0.2) is 5.82 Å². The molecular weight excluding hydrogens is 370 g/mol. The molecule has 3 aromatic heterocycles. The summed E-state index contributed by atoms with van der Waals surface area (Å²) >= 11 is 1.61. The van der Waals surface area contributed by atoms with Crippen molar-refractivity contribution in [2.45, 2.75) is 19.9 Å². The van der Waals surface area contributed by atoms with Gasteiger partial charge in [-0.15, -0.1) is 11.3 Å². The first-order chi connectivity index (χ1) is 13.5. The van der Waals surface area contributed by atoms with E-state index in [1.54, 1.807) is 23.7 Å². The smallest absolute Gasteiger partial charge is 0.244 e. The lowest BCUT2D eigenvalue weighted by atomic mass is 10.1. The maximum absolute atomic E-state index is 12.2. The molecule has 0 aliphatic carbocycles. The number of nitrogens with zero attached hydrogens (tertiary/aromatic N) is 3. The molecule has 0 unspecified atom stereocenters. The van der Waals surface area contributed by atoms with Crippen LogP contribution in [0.25, 0.3) is 21.6 Å². The van der Waals surface area contributed by atoms with Crippen molar-refractivity contribution >= 4 is 33.3 Å². The number of hydrogen-bond donors (Lipinski definition) is 2. The molecule has 0 fully saturated rings. The quantitative estimate of drug-likeness (QED) is 0.538. The Morgan fingerprint density at radius 1 is 1.11 bits per heavy atom.